The molecule has 0 bridgehead atoms. The van der Waals surface area contributed by atoms with Gasteiger partial charge in [0, 0.05) is 11.5 Å². The van der Waals surface area contributed by atoms with Gasteiger partial charge in [-0.3, -0.25) is 4.90 Å². The van der Waals surface area contributed by atoms with Crippen LogP contribution in [0.4, 0.5) is 0 Å². The van der Waals surface area contributed by atoms with Crippen LogP contribution >= 0.6 is 12.4 Å². The summed E-state index contributed by atoms with van der Waals surface area (Å²) in [6.07, 6.45) is 3.75. The molecule has 1 fully saturated rings. The fourth-order valence-corrected chi connectivity index (χ4v) is 3.72. The van der Waals surface area contributed by atoms with E-state index in [0.717, 1.165) is 18.1 Å². The number of nitrogens with zero attached hydrogens (tertiary/aromatic N) is 1. The van der Waals surface area contributed by atoms with Gasteiger partial charge in [-0.05, 0) is 51.4 Å². The fraction of sp³-hybridized carbons (Fsp3) is 0.647. The quantitative estimate of drug-likeness (QED) is 0.843. The van der Waals surface area contributed by atoms with Crippen LogP contribution in [0.2, 0.25) is 0 Å². The molecule has 1 aromatic rings. The van der Waals surface area contributed by atoms with Gasteiger partial charge in [-0.25, -0.2) is 0 Å². The van der Waals surface area contributed by atoms with Crippen LogP contribution < -0.4 is 9.47 Å². The molecule has 1 saturated heterocycles. The molecule has 2 atom stereocenters. The molecule has 4 heteroatoms. The zero-order chi connectivity index (χ0) is 13.9. The van der Waals surface area contributed by atoms with Crippen molar-refractivity contribution < 1.29 is 9.47 Å². The van der Waals surface area contributed by atoms with E-state index < -0.39 is 0 Å². The van der Waals surface area contributed by atoms with Gasteiger partial charge in [0.25, 0.3) is 0 Å². The summed E-state index contributed by atoms with van der Waals surface area (Å²) < 4.78 is 11.9. The van der Waals surface area contributed by atoms with Crippen LogP contribution in [0.1, 0.15) is 44.6 Å². The largest absolute Gasteiger partial charge is 0.493 e. The molecule has 21 heavy (non-hydrogen) atoms. The molecule has 0 amide bonds. The van der Waals surface area contributed by atoms with E-state index in [-0.39, 0.29) is 12.4 Å². The Morgan fingerprint density at radius 2 is 2.19 bits per heavy atom. The first kappa shape index (κ1) is 16.4. The van der Waals surface area contributed by atoms with Crippen molar-refractivity contribution in [2.75, 3.05) is 26.3 Å². The van der Waals surface area contributed by atoms with E-state index >= 15 is 0 Å². The van der Waals surface area contributed by atoms with Crippen LogP contribution in [0.25, 0.3) is 0 Å². The highest BCUT2D eigenvalue weighted by Crippen LogP contribution is 2.45. The highest BCUT2D eigenvalue weighted by molar-refractivity contribution is 5.85. The summed E-state index contributed by atoms with van der Waals surface area (Å²) in [5.41, 5.74) is 1.31. The monoisotopic (exact) mass is 311 g/mol. The first-order valence-electron chi connectivity index (χ1n) is 7.97. The lowest BCUT2D eigenvalue weighted by atomic mass is 9.81. The van der Waals surface area contributed by atoms with E-state index in [9.17, 15) is 0 Å². The Hall–Kier alpha value is -0.930. The minimum absolute atomic E-state index is 0. The van der Waals surface area contributed by atoms with E-state index in [0.29, 0.717) is 18.6 Å². The van der Waals surface area contributed by atoms with Crippen molar-refractivity contribution in [1.29, 1.82) is 0 Å². The number of rotatable bonds is 4. The minimum atomic E-state index is 0. The molecule has 0 aliphatic carbocycles. The maximum atomic E-state index is 6.03. The van der Waals surface area contributed by atoms with Crippen LogP contribution in [0.15, 0.2) is 18.2 Å². The average molecular weight is 312 g/mol. The minimum Gasteiger partial charge on any atom is -0.493 e. The molecule has 3 rings (SSSR count). The molecule has 3 nitrogen and oxygen atoms in total. The number of ether oxygens (including phenoxy) is 2. The molecule has 0 aromatic heterocycles. The highest BCUT2D eigenvalue weighted by Gasteiger charge is 2.38. The van der Waals surface area contributed by atoms with E-state index in [1.807, 2.05) is 13.0 Å². The van der Waals surface area contributed by atoms with E-state index in [2.05, 4.69) is 24.0 Å². The SMILES string of the molecule is CCCN1CCC[C@@H]2c3c(OCC)cccc3OC[C@H]21.Cl. The summed E-state index contributed by atoms with van der Waals surface area (Å²) >= 11 is 0. The normalized spacial score (nSPS) is 24.3. The Bertz CT molecular complexity index is 464. The molecular weight excluding hydrogens is 286 g/mol. The molecule has 1 aromatic carbocycles. The summed E-state index contributed by atoms with van der Waals surface area (Å²) in [4.78, 5) is 2.61. The van der Waals surface area contributed by atoms with Crippen molar-refractivity contribution in [1.82, 2.24) is 4.90 Å². The Labute approximate surface area is 134 Å². The third-order valence-electron chi connectivity index (χ3n) is 4.51. The smallest absolute Gasteiger partial charge is 0.126 e. The lowest BCUT2D eigenvalue weighted by molar-refractivity contribution is 0.0643. The van der Waals surface area contributed by atoms with Gasteiger partial charge in [0.15, 0.2) is 0 Å². The van der Waals surface area contributed by atoms with Crippen LogP contribution in [0.5, 0.6) is 11.5 Å². The highest BCUT2D eigenvalue weighted by atomic mass is 35.5. The zero-order valence-corrected chi connectivity index (χ0v) is 13.8. The van der Waals surface area contributed by atoms with Crippen molar-refractivity contribution in [3.05, 3.63) is 23.8 Å². The van der Waals surface area contributed by atoms with Gasteiger partial charge < -0.3 is 9.47 Å². The average Bonchev–Trinajstić information content (AvgIpc) is 2.48. The van der Waals surface area contributed by atoms with Crippen molar-refractivity contribution in [2.45, 2.75) is 45.1 Å². The number of halogens is 1. The second kappa shape index (κ2) is 7.37. The zero-order valence-electron chi connectivity index (χ0n) is 13.0. The van der Waals surface area contributed by atoms with Gasteiger partial charge in [-0.1, -0.05) is 13.0 Å². The number of piperidine rings is 1. The topological polar surface area (TPSA) is 21.7 Å². The maximum Gasteiger partial charge on any atom is 0.126 e. The summed E-state index contributed by atoms with van der Waals surface area (Å²) in [5.74, 6) is 2.63. The van der Waals surface area contributed by atoms with Gasteiger partial charge in [0.05, 0.1) is 12.6 Å². The molecule has 2 heterocycles. The van der Waals surface area contributed by atoms with Gasteiger partial charge >= 0.3 is 0 Å². The van der Waals surface area contributed by atoms with Crippen LogP contribution in [0, 0.1) is 0 Å². The van der Waals surface area contributed by atoms with E-state index in [4.69, 9.17) is 9.47 Å². The van der Waals surface area contributed by atoms with Crippen LogP contribution in [-0.4, -0.2) is 37.2 Å². The second-order valence-corrected chi connectivity index (χ2v) is 5.76. The van der Waals surface area contributed by atoms with Crippen LogP contribution in [-0.2, 0) is 0 Å². The summed E-state index contributed by atoms with van der Waals surface area (Å²) in [6, 6.07) is 6.74. The molecule has 118 valence electrons. The molecular formula is C17H26ClNO2. The molecule has 0 saturated carbocycles. The number of likely N-dealkylation sites (tertiary alicyclic amines) is 1. The third-order valence-corrected chi connectivity index (χ3v) is 4.51. The van der Waals surface area contributed by atoms with Gasteiger partial charge in [-0.15, -0.1) is 12.4 Å². The van der Waals surface area contributed by atoms with Crippen molar-refractivity contribution in [3.63, 3.8) is 0 Å². The number of hydrogen-bond acceptors (Lipinski definition) is 3. The maximum absolute atomic E-state index is 6.03. The predicted molar refractivity (Wildman–Crippen MR) is 88.0 cm³/mol. The van der Waals surface area contributed by atoms with Crippen molar-refractivity contribution >= 4 is 12.4 Å². The van der Waals surface area contributed by atoms with Gasteiger partial charge in [0.2, 0.25) is 0 Å². The molecule has 0 spiro atoms. The fourth-order valence-electron chi connectivity index (χ4n) is 3.72. The Morgan fingerprint density at radius 1 is 1.33 bits per heavy atom. The molecule has 0 N–H and O–H groups in total. The van der Waals surface area contributed by atoms with Crippen molar-refractivity contribution in [2.24, 2.45) is 0 Å². The number of fused-ring (bicyclic) bond motifs is 3. The molecule has 2 aliphatic rings. The van der Waals surface area contributed by atoms with Gasteiger partial charge in [-0.2, -0.15) is 0 Å². The lowest BCUT2D eigenvalue weighted by Crippen LogP contribution is -2.49. The molecule has 0 radical (unpaired) electrons. The van der Waals surface area contributed by atoms with Crippen LogP contribution in [0.3, 0.4) is 0 Å². The second-order valence-electron chi connectivity index (χ2n) is 5.76. The van der Waals surface area contributed by atoms with E-state index in [1.165, 1.54) is 37.9 Å². The predicted octanol–water partition coefficient (Wildman–Crippen LogP) is 3.86. The summed E-state index contributed by atoms with van der Waals surface area (Å²) in [7, 11) is 0. The van der Waals surface area contributed by atoms with Gasteiger partial charge in [0.1, 0.15) is 18.1 Å². The Kier molecular flexibility index (Phi) is 5.77. The van der Waals surface area contributed by atoms with E-state index in [1.54, 1.807) is 0 Å². The first-order valence-corrected chi connectivity index (χ1v) is 7.97. The lowest BCUT2D eigenvalue weighted by Gasteiger charge is -2.44. The Balaban J connectivity index is 0.00000161. The molecule has 2 aliphatic heterocycles. The van der Waals surface area contributed by atoms with Crippen molar-refractivity contribution in [3.8, 4) is 11.5 Å². The number of hydrogen-bond donors (Lipinski definition) is 0. The number of benzene rings is 1. The summed E-state index contributed by atoms with van der Waals surface area (Å²) in [5, 5.41) is 0. The standard InChI is InChI=1S/C17H25NO2.ClH/c1-3-10-18-11-6-7-13-14(18)12-20-16-9-5-8-15(17(13)16)19-4-2;/h5,8-9,13-14H,3-4,6-7,10-12H2,1-2H3;1H/t13-,14+;/m0./s1. The summed E-state index contributed by atoms with van der Waals surface area (Å²) in [6.45, 7) is 8.23. The first-order chi connectivity index (χ1) is 9.85. The Morgan fingerprint density at radius 3 is 2.95 bits per heavy atom. The third kappa shape index (κ3) is 3.14. The molecule has 0 unspecified atom stereocenters.